The van der Waals surface area contributed by atoms with E-state index < -0.39 is 16.6 Å². The lowest BCUT2D eigenvalue weighted by Gasteiger charge is -2.33. The Morgan fingerprint density at radius 3 is 2.56 bits per heavy atom. The molecule has 0 fully saturated rings. The molecule has 1 aliphatic rings. The fourth-order valence-electron chi connectivity index (χ4n) is 2.66. The lowest BCUT2D eigenvalue weighted by Crippen LogP contribution is -2.50. The first-order valence-corrected chi connectivity index (χ1v) is 8.14. The van der Waals surface area contributed by atoms with Crippen molar-refractivity contribution in [2.24, 2.45) is 0 Å². The van der Waals surface area contributed by atoms with E-state index in [1.165, 1.54) is 30.3 Å². The van der Waals surface area contributed by atoms with Gasteiger partial charge in [-0.05, 0) is 43.3 Å². The predicted octanol–water partition coefficient (Wildman–Crippen LogP) is 3.07. The van der Waals surface area contributed by atoms with Crippen molar-refractivity contribution < 1.29 is 14.8 Å². The number of nitrogens with zero attached hydrogens (tertiary/aromatic N) is 2. The van der Waals surface area contributed by atoms with Gasteiger partial charge in [0.25, 0.3) is 11.6 Å². The summed E-state index contributed by atoms with van der Waals surface area (Å²) < 4.78 is 0.737. The van der Waals surface area contributed by atoms with E-state index in [2.05, 4.69) is 21.4 Å². The van der Waals surface area contributed by atoms with Crippen LogP contribution in [0.2, 0.25) is 0 Å². The molecule has 8 heteroatoms. The molecule has 0 saturated heterocycles. The molecule has 128 valence electrons. The van der Waals surface area contributed by atoms with E-state index in [4.69, 9.17) is 0 Å². The zero-order chi connectivity index (χ0) is 18.2. The molecule has 7 nitrogen and oxygen atoms in total. The van der Waals surface area contributed by atoms with Crippen LogP contribution in [-0.4, -0.2) is 20.9 Å². The van der Waals surface area contributed by atoms with Gasteiger partial charge in [0.05, 0.1) is 4.92 Å². The van der Waals surface area contributed by atoms with Crippen LogP contribution in [0.5, 0.6) is 0 Å². The Balaban J connectivity index is 1.99. The van der Waals surface area contributed by atoms with E-state index in [1.807, 2.05) is 0 Å². The van der Waals surface area contributed by atoms with E-state index in [0.29, 0.717) is 16.8 Å². The van der Waals surface area contributed by atoms with Crippen LogP contribution < -0.4 is 5.43 Å². The first kappa shape index (κ1) is 17.1. The Labute approximate surface area is 151 Å². The van der Waals surface area contributed by atoms with Crippen LogP contribution in [0.3, 0.4) is 0 Å². The molecule has 25 heavy (non-hydrogen) atoms. The highest BCUT2D eigenvalue weighted by molar-refractivity contribution is 9.10. The van der Waals surface area contributed by atoms with Gasteiger partial charge in [0.2, 0.25) is 5.72 Å². The molecule has 2 N–H and O–H groups in total. The van der Waals surface area contributed by atoms with Crippen molar-refractivity contribution in [3.05, 3.63) is 86.0 Å². The number of nitrogens with one attached hydrogen (secondary N) is 1. The molecule has 1 amide bonds. The summed E-state index contributed by atoms with van der Waals surface area (Å²) in [6, 6.07) is 12.2. The summed E-state index contributed by atoms with van der Waals surface area (Å²) in [5, 5.41) is 23.0. The molecule has 2 aromatic rings. The number of nitro benzene ring substituents is 1. The molecule has 0 spiro atoms. The first-order valence-electron chi connectivity index (χ1n) is 7.35. The number of rotatable bonds is 3. The van der Waals surface area contributed by atoms with Gasteiger partial charge < -0.3 is 5.11 Å². The maximum absolute atomic E-state index is 12.8. The molecule has 0 unspecified atom stereocenters. The number of halogens is 1. The van der Waals surface area contributed by atoms with Gasteiger partial charge >= 0.3 is 0 Å². The van der Waals surface area contributed by atoms with Crippen LogP contribution >= 0.6 is 15.9 Å². The molecule has 1 heterocycles. The SMILES string of the molecule is CC1=C[C@](O)(c2ccc([N+](=O)[O-])cc2)N(C(=O)c2cccc(Br)c2)N1. The molecule has 0 saturated carbocycles. The number of allylic oxidation sites excluding steroid dienone is 1. The summed E-state index contributed by atoms with van der Waals surface area (Å²) in [7, 11) is 0. The van der Waals surface area contributed by atoms with Gasteiger partial charge in [-0.15, -0.1) is 0 Å². The maximum Gasteiger partial charge on any atom is 0.275 e. The maximum atomic E-state index is 12.8. The number of benzene rings is 2. The number of hydrogen-bond donors (Lipinski definition) is 2. The van der Waals surface area contributed by atoms with Gasteiger partial charge in [0.1, 0.15) is 0 Å². The van der Waals surface area contributed by atoms with Crippen molar-refractivity contribution in [3.63, 3.8) is 0 Å². The van der Waals surface area contributed by atoms with E-state index in [9.17, 15) is 20.0 Å². The summed E-state index contributed by atoms with van der Waals surface area (Å²) in [6.07, 6.45) is 1.49. The summed E-state index contributed by atoms with van der Waals surface area (Å²) in [5.74, 6) is -0.435. The van der Waals surface area contributed by atoms with E-state index in [-0.39, 0.29) is 5.69 Å². The van der Waals surface area contributed by atoms with Gasteiger partial charge in [0.15, 0.2) is 0 Å². The monoisotopic (exact) mass is 403 g/mol. The number of non-ortho nitro benzene ring substituents is 1. The molecule has 0 radical (unpaired) electrons. The molecule has 3 rings (SSSR count). The third kappa shape index (κ3) is 3.13. The average Bonchev–Trinajstić information content (AvgIpc) is 2.90. The van der Waals surface area contributed by atoms with Crippen LogP contribution in [0.1, 0.15) is 22.8 Å². The zero-order valence-corrected chi connectivity index (χ0v) is 14.7. The lowest BCUT2D eigenvalue weighted by molar-refractivity contribution is -0.384. The smallest absolute Gasteiger partial charge is 0.275 e. The van der Waals surface area contributed by atoms with E-state index in [1.54, 1.807) is 31.2 Å². The zero-order valence-electron chi connectivity index (χ0n) is 13.1. The van der Waals surface area contributed by atoms with Crippen molar-refractivity contribution in [2.45, 2.75) is 12.6 Å². The highest BCUT2D eigenvalue weighted by Gasteiger charge is 2.43. The molecule has 1 atom stereocenters. The Hall–Kier alpha value is -2.71. The number of amides is 1. The Bertz CT molecular complexity index is 882. The normalized spacial score (nSPS) is 19.3. The third-order valence-electron chi connectivity index (χ3n) is 3.82. The highest BCUT2D eigenvalue weighted by atomic mass is 79.9. The number of carbonyl (C=O) groups is 1. The van der Waals surface area contributed by atoms with Crippen molar-refractivity contribution in [2.75, 3.05) is 0 Å². The minimum atomic E-state index is -1.75. The van der Waals surface area contributed by atoms with Crippen LogP contribution in [0.25, 0.3) is 0 Å². The Morgan fingerprint density at radius 1 is 1.28 bits per heavy atom. The predicted molar refractivity (Wildman–Crippen MR) is 94.2 cm³/mol. The molecular weight excluding hydrogens is 390 g/mol. The number of hydrazine groups is 1. The Kier molecular flexibility index (Phi) is 4.32. The molecule has 0 aromatic heterocycles. The average molecular weight is 404 g/mol. The highest BCUT2D eigenvalue weighted by Crippen LogP contribution is 2.34. The van der Waals surface area contributed by atoms with Gasteiger partial charge in [-0.25, -0.2) is 5.01 Å². The van der Waals surface area contributed by atoms with Gasteiger partial charge in [-0.1, -0.05) is 22.0 Å². The molecule has 0 bridgehead atoms. The quantitative estimate of drug-likeness (QED) is 0.606. The third-order valence-corrected chi connectivity index (χ3v) is 4.32. The van der Waals surface area contributed by atoms with E-state index in [0.717, 1.165) is 9.48 Å². The second-order valence-electron chi connectivity index (χ2n) is 5.62. The van der Waals surface area contributed by atoms with Crippen LogP contribution in [0, 0.1) is 10.1 Å². The van der Waals surface area contributed by atoms with Crippen molar-refractivity contribution >= 4 is 27.5 Å². The second-order valence-corrected chi connectivity index (χ2v) is 6.54. The number of carbonyl (C=O) groups excluding carboxylic acids is 1. The minimum Gasteiger partial charge on any atom is -0.362 e. The topological polar surface area (TPSA) is 95.7 Å². The fraction of sp³-hybridized carbons (Fsp3) is 0.118. The van der Waals surface area contributed by atoms with Crippen molar-refractivity contribution in [3.8, 4) is 0 Å². The number of nitro groups is 1. The standard InChI is InChI=1S/C17H14BrN3O4/c1-11-10-17(23,13-5-7-15(8-6-13)21(24)25)20(19-11)16(22)12-3-2-4-14(18)9-12/h2-10,19,23H,1H3/t17-/m0/s1. The lowest BCUT2D eigenvalue weighted by atomic mass is 10.0. The van der Waals surface area contributed by atoms with Gasteiger partial charge in [-0.2, -0.15) is 0 Å². The summed E-state index contributed by atoms with van der Waals surface area (Å²) >= 11 is 3.32. The molecule has 1 aliphatic heterocycles. The largest absolute Gasteiger partial charge is 0.362 e. The summed E-state index contributed by atoms with van der Waals surface area (Å²) in [5.41, 5.74) is 2.30. The number of aliphatic hydroxyl groups is 1. The Morgan fingerprint density at radius 2 is 1.96 bits per heavy atom. The second kappa shape index (κ2) is 6.30. The van der Waals surface area contributed by atoms with Crippen LogP contribution in [0.4, 0.5) is 5.69 Å². The summed E-state index contributed by atoms with van der Waals surface area (Å²) in [6.45, 7) is 1.71. The molecule has 2 aromatic carbocycles. The fourth-order valence-corrected chi connectivity index (χ4v) is 3.06. The first-order chi connectivity index (χ1) is 11.8. The van der Waals surface area contributed by atoms with Crippen molar-refractivity contribution in [1.29, 1.82) is 0 Å². The van der Waals surface area contributed by atoms with E-state index >= 15 is 0 Å². The molecular formula is C17H14BrN3O4. The van der Waals surface area contributed by atoms with Crippen LogP contribution in [-0.2, 0) is 5.72 Å². The van der Waals surface area contributed by atoms with Crippen LogP contribution in [0.15, 0.2) is 64.8 Å². The van der Waals surface area contributed by atoms with Gasteiger partial charge in [0, 0.05) is 33.4 Å². The number of hydrogen-bond acceptors (Lipinski definition) is 5. The van der Waals surface area contributed by atoms with Gasteiger partial charge in [-0.3, -0.25) is 20.3 Å². The van der Waals surface area contributed by atoms with Crippen molar-refractivity contribution in [1.82, 2.24) is 10.4 Å². The summed E-state index contributed by atoms with van der Waals surface area (Å²) in [4.78, 5) is 23.1. The molecule has 0 aliphatic carbocycles. The minimum absolute atomic E-state index is 0.0936.